The van der Waals surface area contributed by atoms with Gasteiger partial charge in [-0.15, -0.1) is 0 Å². The van der Waals surface area contributed by atoms with Gasteiger partial charge < -0.3 is 4.48 Å². The monoisotopic (exact) mass is 530 g/mol. The maximum Gasteiger partial charge on any atom is 0.104 e. The van der Waals surface area contributed by atoms with Gasteiger partial charge in [-0.25, -0.2) is 0 Å². The molecular weight excluding hydrogens is 478 g/mol. The zero-order valence-electron chi connectivity index (χ0n) is 22.6. The van der Waals surface area contributed by atoms with Crippen LogP contribution in [-0.2, 0) is 11.9 Å². The molecule has 0 heterocycles. The molecule has 0 radical (unpaired) electrons. The summed E-state index contributed by atoms with van der Waals surface area (Å²) in [5, 5.41) is 0.952. The van der Waals surface area contributed by atoms with E-state index < -0.39 is 0 Å². The predicted molar refractivity (Wildman–Crippen MR) is 157 cm³/mol. The van der Waals surface area contributed by atoms with Crippen molar-refractivity contribution in [2.24, 2.45) is 0 Å². The van der Waals surface area contributed by atoms with Crippen LogP contribution in [0, 0.1) is 0 Å². The van der Waals surface area contributed by atoms with Crippen LogP contribution >= 0.6 is 15.9 Å². The Morgan fingerprint density at radius 2 is 0.912 bits per heavy atom. The maximum atomic E-state index is 3.36. The SMILES string of the molecule is BrCc1ccccc1.CCCCCCCCCCCCCCCC[N+](C)(C)Cc1ccccc1. The molecule has 0 saturated carbocycles. The smallest absolute Gasteiger partial charge is 0.104 e. The zero-order valence-corrected chi connectivity index (χ0v) is 24.2. The Hall–Kier alpha value is -1.12. The molecule has 0 N–H and O–H groups in total. The van der Waals surface area contributed by atoms with Crippen LogP contribution in [0.25, 0.3) is 0 Å². The number of halogens is 1. The third-order valence-electron chi connectivity index (χ3n) is 6.57. The van der Waals surface area contributed by atoms with E-state index >= 15 is 0 Å². The van der Waals surface area contributed by atoms with Crippen molar-refractivity contribution in [2.75, 3.05) is 20.6 Å². The lowest BCUT2D eigenvalue weighted by Crippen LogP contribution is -2.39. The highest BCUT2D eigenvalue weighted by atomic mass is 79.9. The highest BCUT2D eigenvalue weighted by Crippen LogP contribution is 2.15. The summed E-state index contributed by atoms with van der Waals surface area (Å²) in [7, 11) is 4.74. The summed E-state index contributed by atoms with van der Waals surface area (Å²) in [5.41, 5.74) is 2.79. The van der Waals surface area contributed by atoms with E-state index in [1.807, 2.05) is 18.2 Å². The Kier molecular flexibility index (Phi) is 19.3. The molecule has 0 amide bonds. The third kappa shape index (κ3) is 18.2. The molecule has 0 saturated heterocycles. The Labute approximate surface area is 221 Å². The minimum atomic E-state index is 0.952. The topological polar surface area (TPSA) is 0 Å². The average molecular weight is 532 g/mol. The number of rotatable bonds is 18. The zero-order chi connectivity index (χ0) is 24.7. The van der Waals surface area contributed by atoms with Gasteiger partial charge >= 0.3 is 0 Å². The van der Waals surface area contributed by atoms with Crippen molar-refractivity contribution in [2.45, 2.75) is 109 Å². The van der Waals surface area contributed by atoms with Crippen molar-refractivity contribution in [3.63, 3.8) is 0 Å². The Morgan fingerprint density at radius 1 is 0.529 bits per heavy atom. The fraction of sp³-hybridized carbons (Fsp3) is 0.625. The maximum absolute atomic E-state index is 3.36. The van der Waals surface area contributed by atoms with Gasteiger partial charge in [0, 0.05) is 10.9 Å². The van der Waals surface area contributed by atoms with Crippen LogP contribution in [0.5, 0.6) is 0 Å². The first kappa shape index (κ1) is 30.9. The molecule has 0 aromatic heterocycles. The fourth-order valence-corrected chi connectivity index (χ4v) is 4.83. The van der Waals surface area contributed by atoms with Crippen molar-refractivity contribution < 1.29 is 4.48 Å². The number of quaternary nitrogens is 1. The number of hydrogen-bond donors (Lipinski definition) is 0. The van der Waals surface area contributed by atoms with Gasteiger partial charge in [0.1, 0.15) is 6.54 Å². The van der Waals surface area contributed by atoms with Crippen LogP contribution < -0.4 is 0 Å². The van der Waals surface area contributed by atoms with E-state index in [0.29, 0.717) is 0 Å². The lowest BCUT2D eigenvalue weighted by Gasteiger charge is -2.30. The quantitative estimate of drug-likeness (QED) is 0.102. The second-order valence-corrected chi connectivity index (χ2v) is 11.1. The number of alkyl halides is 1. The molecule has 2 heteroatoms. The summed E-state index contributed by atoms with van der Waals surface area (Å²) in [5.74, 6) is 0. The molecule has 0 fully saturated rings. The van der Waals surface area contributed by atoms with Crippen LogP contribution in [-0.4, -0.2) is 25.1 Å². The summed E-state index contributed by atoms with van der Waals surface area (Å²) < 4.78 is 1.11. The highest BCUT2D eigenvalue weighted by Gasteiger charge is 2.14. The number of unbranched alkanes of at least 4 members (excludes halogenated alkanes) is 13. The van der Waals surface area contributed by atoms with Gasteiger partial charge in [-0.05, 0) is 18.4 Å². The Bertz CT molecular complexity index is 668. The van der Waals surface area contributed by atoms with E-state index in [4.69, 9.17) is 0 Å². The number of nitrogens with zero attached hydrogens (tertiary/aromatic N) is 1. The van der Waals surface area contributed by atoms with Gasteiger partial charge in [-0.1, -0.05) is 161 Å². The molecule has 34 heavy (non-hydrogen) atoms. The van der Waals surface area contributed by atoms with Gasteiger partial charge in [0.15, 0.2) is 0 Å². The van der Waals surface area contributed by atoms with E-state index in [1.54, 1.807) is 0 Å². The Morgan fingerprint density at radius 3 is 1.29 bits per heavy atom. The summed E-state index contributed by atoms with van der Waals surface area (Å²) in [6, 6.07) is 21.2. The Balaban J connectivity index is 0.000000605. The standard InChI is InChI=1S/C25H46N.C7H7Br/c1-4-5-6-7-8-9-10-11-12-13-14-15-16-20-23-26(2,3)24-25-21-18-17-19-22-25;8-6-7-4-2-1-3-5-7/h17-19,21-22H,4-16,20,23-24H2,1-3H3;1-5H,6H2/q+1;. The first-order chi connectivity index (χ1) is 16.6. The van der Waals surface area contributed by atoms with Crippen LogP contribution in [0.15, 0.2) is 60.7 Å². The molecule has 0 unspecified atom stereocenters. The van der Waals surface area contributed by atoms with E-state index in [1.165, 1.54) is 108 Å². The molecule has 1 nitrogen and oxygen atoms in total. The van der Waals surface area contributed by atoms with Crippen molar-refractivity contribution in [3.05, 3.63) is 71.8 Å². The molecule has 0 atom stereocenters. The minimum absolute atomic E-state index is 0.952. The van der Waals surface area contributed by atoms with Crippen LogP contribution in [0.3, 0.4) is 0 Å². The molecule has 0 spiro atoms. The summed E-state index contributed by atoms with van der Waals surface area (Å²) in [6.45, 7) is 4.75. The van der Waals surface area contributed by atoms with Crippen LogP contribution in [0.1, 0.15) is 108 Å². The van der Waals surface area contributed by atoms with E-state index in [2.05, 4.69) is 79.4 Å². The van der Waals surface area contributed by atoms with Gasteiger partial charge in [0.2, 0.25) is 0 Å². The van der Waals surface area contributed by atoms with Crippen molar-refractivity contribution in [1.82, 2.24) is 0 Å². The van der Waals surface area contributed by atoms with Gasteiger partial charge in [0.05, 0.1) is 20.6 Å². The van der Waals surface area contributed by atoms with E-state index in [-0.39, 0.29) is 0 Å². The second kappa shape index (κ2) is 21.2. The fourth-order valence-electron chi connectivity index (χ4n) is 4.46. The number of hydrogen-bond acceptors (Lipinski definition) is 0. The van der Waals surface area contributed by atoms with Crippen molar-refractivity contribution in [3.8, 4) is 0 Å². The summed E-state index contributed by atoms with van der Waals surface area (Å²) in [6.07, 6.45) is 20.2. The van der Waals surface area contributed by atoms with Crippen molar-refractivity contribution >= 4 is 15.9 Å². The first-order valence-electron chi connectivity index (χ1n) is 14.0. The predicted octanol–water partition coefficient (Wildman–Crippen LogP) is 10.3. The highest BCUT2D eigenvalue weighted by molar-refractivity contribution is 9.08. The third-order valence-corrected chi connectivity index (χ3v) is 7.22. The minimum Gasteiger partial charge on any atom is -0.325 e. The molecule has 2 aromatic carbocycles. The number of benzene rings is 2. The first-order valence-corrected chi connectivity index (χ1v) is 15.2. The average Bonchev–Trinajstić information content (AvgIpc) is 2.85. The molecule has 2 aromatic rings. The molecule has 0 aliphatic heterocycles. The normalized spacial score (nSPS) is 11.2. The van der Waals surface area contributed by atoms with Crippen LogP contribution in [0.4, 0.5) is 0 Å². The molecule has 0 aliphatic rings. The molecule has 0 aliphatic carbocycles. The molecule has 0 bridgehead atoms. The summed E-state index contributed by atoms with van der Waals surface area (Å²) in [4.78, 5) is 0. The van der Waals surface area contributed by atoms with Crippen molar-refractivity contribution in [1.29, 1.82) is 0 Å². The second-order valence-electron chi connectivity index (χ2n) is 10.5. The summed E-state index contributed by atoms with van der Waals surface area (Å²) >= 11 is 3.36. The lowest BCUT2D eigenvalue weighted by molar-refractivity contribution is -0.903. The van der Waals surface area contributed by atoms with Gasteiger partial charge in [-0.3, -0.25) is 0 Å². The van der Waals surface area contributed by atoms with Crippen LogP contribution in [0.2, 0.25) is 0 Å². The van der Waals surface area contributed by atoms with Gasteiger partial charge in [-0.2, -0.15) is 0 Å². The largest absolute Gasteiger partial charge is 0.325 e. The lowest BCUT2D eigenvalue weighted by atomic mass is 10.0. The van der Waals surface area contributed by atoms with E-state index in [0.717, 1.165) is 16.4 Å². The molecule has 192 valence electrons. The molecular formula is C32H53BrN+. The van der Waals surface area contributed by atoms with E-state index in [9.17, 15) is 0 Å². The van der Waals surface area contributed by atoms with Gasteiger partial charge in [0.25, 0.3) is 0 Å². The molecule has 2 rings (SSSR count).